The molecule has 6 heteroatoms. The highest BCUT2D eigenvalue weighted by Crippen LogP contribution is 2.15. The highest BCUT2D eigenvalue weighted by molar-refractivity contribution is 6.30. The topological polar surface area (TPSA) is 52.6 Å². The summed E-state index contributed by atoms with van der Waals surface area (Å²) in [4.78, 5) is 23.0. The Labute approximate surface area is 152 Å². The number of carbonyl (C=O) groups is 2. The van der Waals surface area contributed by atoms with Crippen LogP contribution in [-0.2, 0) is 14.3 Å². The number of ether oxygens (including phenoxy) is 2. The fourth-order valence-corrected chi connectivity index (χ4v) is 2.23. The van der Waals surface area contributed by atoms with Crippen molar-refractivity contribution in [3.63, 3.8) is 0 Å². The molecule has 1 aromatic rings. The van der Waals surface area contributed by atoms with E-state index in [-0.39, 0.29) is 0 Å². The number of rotatable bonds is 11. The van der Waals surface area contributed by atoms with Crippen molar-refractivity contribution in [2.24, 2.45) is 0 Å². The quantitative estimate of drug-likeness (QED) is 0.182. The molecule has 0 aliphatic rings. The van der Waals surface area contributed by atoms with Crippen molar-refractivity contribution in [3.8, 4) is 5.75 Å². The molecule has 0 saturated carbocycles. The van der Waals surface area contributed by atoms with Gasteiger partial charge in [0.15, 0.2) is 0 Å². The second-order valence-electron chi connectivity index (χ2n) is 5.19. The van der Waals surface area contributed by atoms with Crippen LogP contribution in [0, 0.1) is 0 Å². The third kappa shape index (κ3) is 10.3. The number of hydrogen-bond acceptors (Lipinski definition) is 4. The van der Waals surface area contributed by atoms with Gasteiger partial charge < -0.3 is 9.47 Å². The summed E-state index contributed by atoms with van der Waals surface area (Å²) in [7, 11) is 0. The Morgan fingerprint density at radius 2 is 1.46 bits per heavy atom. The third-order valence-corrected chi connectivity index (χ3v) is 3.68. The first-order chi connectivity index (χ1) is 11.6. The van der Waals surface area contributed by atoms with E-state index in [1.54, 1.807) is 24.3 Å². The summed E-state index contributed by atoms with van der Waals surface area (Å²) in [6.07, 6.45) is 8.39. The summed E-state index contributed by atoms with van der Waals surface area (Å²) in [6.45, 7) is 0.352. The lowest BCUT2D eigenvalue weighted by Gasteiger charge is -2.03. The molecule has 0 N–H and O–H groups in total. The van der Waals surface area contributed by atoms with Gasteiger partial charge in [-0.05, 0) is 37.1 Å². The maximum absolute atomic E-state index is 11.5. The molecule has 0 atom stereocenters. The first kappa shape index (κ1) is 20.5. The van der Waals surface area contributed by atoms with E-state index in [2.05, 4.69) is 0 Å². The number of benzene rings is 1. The first-order valence-corrected chi connectivity index (χ1v) is 8.91. The Kier molecular flexibility index (Phi) is 11.0. The molecular weight excluding hydrogens is 351 g/mol. The SMILES string of the molecule is O=C(/C=C/C(=O)Oc1ccc(Cl)cc1)OCCCCCCCCCl. The van der Waals surface area contributed by atoms with E-state index in [0.717, 1.165) is 50.7 Å². The molecule has 0 amide bonds. The Morgan fingerprint density at radius 1 is 0.875 bits per heavy atom. The van der Waals surface area contributed by atoms with Gasteiger partial charge in [-0.3, -0.25) is 0 Å². The number of unbranched alkanes of at least 4 members (excludes halogenated alkanes) is 5. The minimum atomic E-state index is -0.645. The van der Waals surface area contributed by atoms with Crippen LogP contribution in [0.1, 0.15) is 38.5 Å². The predicted molar refractivity (Wildman–Crippen MR) is 95.6 cm³/mol. The summed E-state index contributed by atoms with van der Waals surface area (Å²) in [5.41, 5.74) is 0. The fraction of sp³-hybridized carbons (Fsp3) is 0.444. The minimum absolute atomic E-state index is 0.352. The molecule has 24 heavy (non-hydrogen) atoms. The molecule has 0 unspecified atom stereocenters. The van der Waals surface area contributed by atoms with Gasteiger partial charge >= 0.3 is 11.9 Å². The number of carbonyl (C=O) groups excluding carboxylic acids is 2. The predicted octanol–water partition coefficient (Wildman–Crippen LogP) is 4.92. The van der Waals surface area contributed by atoms with Crippen molar-refractivity contribution in [2.45, 2.75) is 38.5 Å². The van der Waals surface area contributed by atoms with Gasteiger partial charge in [0.05, 0.1) is 6.61 Å². The average Bonchev–Trinajstić information content (AvgIpc) is 2.57. The molecule has 0 heterocycles. The molecule has 0 aromatic heterocycles. The zero-order chi connectivity index (χ0) is 17.6. The number of alkyl halides is 1. The summed E-state index contributed by atoms with van der Waals surface area (Å²) in [6, 6.07) is 6.36. The van der Waals surface area contributed by atoms with E-state index in [1.807, 2.05) is 0 Å². The van der Waals surface area contributed by atoms with Crippen LogP contribution in [0.5, 0.6) is 5.75 Å². The molecule has 0 spiro atoms. The van der Waals surface area contributed by atoms with E-state index in [0.29, 0.717) is 23.3 Å². The van der Waals surface area contributed by atoms with E-state index in [9.17, 15) is 9.59 Å². The maximum atomic E-state index is 11.5. The van der Waals surface area contributed by atoms with Gasteiger partial charge in [-0.1, -0.05) is 37.3 Å². The van der Waals surface area contributed by atoms with Crippen molar-refractivity contribution in [1.29, 1.82) is 0 Å². The van der Waals surface area contributed by atoms with Crippen LogP contribution in [0.4, 0.5) is 0 Å². The number of esters is 2. The molecule has 4 nitrogen and oxygen atoms in total. The molecule has 0 aliphatic carbocycles. The first-order valence-electron chi connectivity index (χ1n) is 8.00. The van der Waals surface area contributed by atoms with E-state index in [4.69, 9.17) is 32.7 Å². The van der Waals surface area contributed by atoms with Crippen molar-refractivity contribution < 1.29 is 19.1 Å². The fourth-order valence-electron chi connectivity index (χ4n) is 1.91. The Bertz CT molecular complexity index is 526. The lowest BCUT2D eigenvalue weighted by atomic mass is 10.1. The van der Waals surface area contributed by atoms with Crippen molar-refractivity contribution in [2.75, 3.05) is 12.5 Å². The molecule has 132 valence electrons. The molecule has 0 saturated heterocycles. The largest absolute Gasteiger partial charge is 0.463 e. The van der Waals surface area contributed by atoms with Gasteiger partial charge in [-0.25, -0.2) is 9.59 Å². The lowest BCUT2D eigenvalue weighted by molar-refractivity contribution is -0.138. The second kappa shape index (κ2) is 12.8. The Morgan fingerprint density at radius 3 is 2.12 bits per heavy atom. The van der Waals surface area contributed by atoms with Crippen molar-refractivity contribution in [1.82, 2.24) is 0 Å². The third-order valence-electron chi connectivity index (χ3n) is 3.16. The van der Waals surface area contributed by atoms with Crippen LogP contribution in [0.15, 0.2) is 36.4 Å². The van der Waals surface area contributed by atoms with Crippen LogP contribution in [-0.4, -0.2) is 24.4 Å². The summed E-state index contributed by atoms with van der Waals surface area (Å²) in [5.74, 6) is -0.125. The number of hydrogen-bond donors (Lipinski definition) is 0. The van der Waals surface area contributed by atoms with E-state index < -0.39 is 11.9 Å². The van der Waals surface area contributed by atoms with Crippen molar-refractivity contribution >= 4 is 35.1 Å². The van der Waals surface area contributed by atoms with Crippen LogP contribution < -0.4 is 4.74 Å². The Hall–Kier alpha value is -1.52. The zero-order valence-electron chi connectivity index (χ0n) is 13.5. The van der Waals surface area contributed by atoms with Crippen LogP contribution in [0.2, 0.25) is 5.02 Å². The molecule has 0 aliphatic heterocycles. The summed E-state index contributed by atoms with van der Waals surface area (Å²) < 4.78 is 10.0. The minimum Gasteiger partial charge on any atom is -0.463 e. The molecule has 0 radical (unpaired) electrons. The summed E-state index contributed by atoms with van der Waals surface area (Å²) in [5, 5.41) is 0.549. The standard InChI is InChI=1S/C18H22Cl2O4/c19-13-5-3-1-2-4-6-14-23-17(21)11-12-18(22)24-16-9-7-15(20)8-10-16/h7-12H,1-6,13-14H2/b12-11+. The zero-order valence-corrected chi connectivity index (χ0v) is 15.0. The molecule has 1 aromatic carbocycles. The molecular formula is C18H22Cl2O4. The van der Waals surface area contributed by atoms with E-state index in [1.165, 1.54) is 0 Å². The van der Waals surface area contributed by atoms with E-state index >= 15 is 0 Å². The van der Waals surface area contributed by atoms with Crippen LogP contribution in [0.3, 0.4) is 0 Å². The number of halogens is 2. The maximum Gasteiger partial charge on any atom is 0.336 e. The van der Waals surface area contributed by atoms with Crippen molar-refractivity contribution in [3.05, 3.63) is 41.4 Å². The molecule has 0 bridgehead atoms. The highest BCUT2D eigenvalue weighted by atomic mass is 35.5. The van der Waals surface area contributed by atoms with Gasteiger partial charge in [-0.2, -0.15) is 0 Å². The molecule has 1 rings (SSSR count). The highest BCUT2D eigenvalue weighted by Gasteiger charge is 2.03. The second-order valence-corrected chi connectivity index (χ2v) is 6.00. The van der Waals surface area contributed by atoms with Gasteiger partial charge in [0.2, 0.25) is 0 Å². The van der Waals surface area contributed by atoms with Gasteiger partial charge in [0.1, 0.15) is 5.75 Å². The monoisotopic (exact) mass is 372 g/mol. The van der Waals surface area contributed by atoms with Gasteiger partial charge in [0.25, 0.3) is 0 Å². The van der Waals surface area contributed by atoms with Crippen LogP contribution >= 0.6 is 23.2 Å². The van der Waals surface area contributed by atoms with Gasteiger partial charge in [-0.15, -0.1) is 11.6 Å². The normalized spacial score (nSPS) is 10.8. The lowest BCUT2D eigenvalue weighted by Crippen LogP contribution is -2.07. The van der Waals surface area contributed by atoms with Crippen LogP contribution in [0.25, 0.3) is 0 Å². The molecule has 0 fully saturated rings. The smallest absolute Gasteiger partial charge is 0.336 e. The summed E-state index contributed by atoms with van der Waals surface area (Å²) >= 11 is 11.3. The van der Waals surface area contributed by atoms with Gasteiger partial charge in [0, 0.05) is 23.1 Å². The Balaban J connectivity index is 2.12. The average molecular weight is 373 g/mol.